The van der Waals surface area contributed by atoms with Gasteiger partial charge in [-0.1, -0.05) is 18.5 Å². The summed E-state index contributed by atoms with van der Waals surface area (Å²) >= 11 is 7.77. The Morgan fingerprint density at radius 2 is 2.16 bits per heavy atom. The zero-order chi connectivity index (χ0) is 13.2. The molecule has 2 atom stereocenters. The SMILES string of the molecule is CCNC(Cc1ccc(Cl)s1)C1CN2CCN1CC2. The van der Waals surface area contributed by atoms with Crippen LogP contribution in [-0.2, 0) is 6.42 Å². The summed E-state index contributed by atoms with van der Waals surface area (Å²) in [6, 6.07) is 5.39. The van der Waals surface area contributed by atoms with E-state index in [9.17, 15) is 0 Å². The average Bonchev–Trinajstić information content (AvgIpc) is 2.85. The van der Waals surface area contributed by atoms with Crippen molar-refractivity contribution in [1.82, 2.24) is 15.1 Å². The summed E-state index contributed by atoms with van der Waals surface area (Å²) in [5.74, 6) is 0. The Kier molecular flexibility index (Phi) is 4.44. The number of nitrogens with one attached hydrogen (secondary N) is 1. The summed E-state index contributed by atoms with van der Waals surface area (Å²) < 4.78 is 0.902. The molecule has 0 saturated carbocycles. The van der Waals surface area contributed by atoms with Crippen molar-refractivity contribution in [3.05, 3.63) is 21.3 Å². The normalized spacial score (nSPS) is 31.6. The molecule has 5 heteroatoms. The van der Waals surface area contributed by atoms with E-state index in [1.54, 1.807) is 11.3 Å². The maximum Gasteiger partial charge on any atom is 0.0931 e. The van der Waals surface area contributed by atoms with Gasteiger partial charge in [-0.3, -0.25) is 9.80 Å². The highest BCUT2D eigenvalue weighted by Crippen LogP contribution is 2.25. The largest absolute Gasteiger partial charge is 0.312 e. The van der Waals surface area contributed by atoms with Crippen molar-refractivity contribution < 1.29 is 0 Å². The summed E-state index contributed by atoms with van der Waals surface area (Å²) in [7, 11) is 0. The molecule has 0 spiro atoms. The smallest absolute Gasteiger partial charge is 0.0931 e. The third-order valence-corrected chi connectivity index (χ3v) is 5.56. The summed E-state index contributed by atoms with van der Waals surface area (Å²) in [6.45, 7) is 9.42. The first-order valence-electron chi connectivity index (χ1n) is 7.20. The number of thiophene rings is 1. The van der Waals surface area contributed by atoms with Crippen molar-refractivity contribution in [2.75, 3.05) is 39.3 Å². The van der Waals surface area contributed by atoms with Crippen LogP contribution in [0.2, 0.25) is 4.34 Å². The first kappa shape index (κ1) is 13.8. The van der Waals surface area contributed by atoms with Crippen LogP contribution in [0, 0.1) is 0 Å². The van der Waals surface area contributed by atoms with Gasteiger partial charge in [0.2, 0.25) is 0 Å². The van der Waals surface area contributed by atoms with Gasteiger partial charge in [-0.25, -0.2) is 0 Å². The molecule has 4 rings (SSSR count). The zero-order valence-electron chi connectivity index (χ0n) is 11.4. The lowest BCUT2D eigenvalue weighted by atomic mass is 9.97. The molecule has 0 aromatic carbocycles. The van der Waals surface area contributed by atoms with Crippen molar-refractivity contribution in [3.8, 4) is 0 Å². The minimum absolute atomic E-state index is 0.544. The summed E-state index contributed by atoms with van der Waals surface area (Å²) in [5, 5.41) is 3.69. The molecule has 0 radical (unpaired) electrons. The van der Waals surface area contributed by atoms with Crippen LogP contribution in [0.3, 0.4) is 0 Å². The Balaban J connectivity index is 1.69. The summed E-state index contributed by atoms with van der Waals surface area (Å²) in [6.07, 6.45) is 1.10. The predicted molar refractivity (Wildman–Crippen MR) is 82.3 cm³/mol. The van der Waals surface area contributed by atoms with Crippen molar-refractivity contribution in [3.63, 3.8) is 0 Å². The van der Waals surface area contributed by atoms with Gasteiger partial charge in [-0.05, 0) is 25.1 Å². The minimum Gasteiger partial charge on any atom is -0.312 e. The average molecular weight is 300 g/mol. The van der Waals surface area contributed by atoms with E-state index in [0.717, 1.165) is 17.3 Å². The van der Waals surface area contributed by atoms with E-state index in [-0.39, 0.29) is 0 Å². The van der Waals surface area contributed by atoms with Crippen LogP contribution in [0.4, 0.5) is 0 Å². The molecule has 3 nitrogen and oxygen atoms in total. The highest BCUT2D eigenvalue weighted by atomic mass is 35.5. The molecule has 19 heavy (non-hydrogen) atoms. The number of hydrogen-bond acceptors (Lipinski definition) is 4. The molecule has 4 heterocycles. The van der Waals surface area contributed by atoms with Crippen LogP contribution in [0.1, 0.15) is 11.8 Å². The van der Waals surface area contributed by atoms with Crippen LogP contribution >= 0.6 is 22.9 Å². The Labute approximate surface area is 124 Å². The van der Waals surface area contributed by atoms with Gasteiger partial charge in [0.15, 0.2) is 0 Å². The van der Waals surface area contributed by atoms with Crippen LogP contribution in [0.15, 0.2) is 12.1 Å². The number of rotatable bonds is 5. The van der Waals surface area contributed by atoms with Gasteiger partial charge in [0.25, 0.3) is 0 Å². The highest BCUT2D eigenvalue weighted by Gasteiger charge is 2.36. The van der Waals surface area contributed by atoms with E-state index in [0.29, 0.717) is 12.1 Å². The van der Waals surface area contributed by atoms with Crippen molar-refractivity contribution >= 4 is 22.9 Å². The molecular formula is C14H22ClN3S. The van der Waals surface area contributed by atoms with Crippen LogP contribution in [0.5, 0.6) is 0 Å². The highest BCUT2D eigenvalue weighted by molar-refractivity contribution is 7.16. The second-order valence-electron chi connectivity index (χ2n) is 5.48. The molecule has 1 aromatic rings. The maximum absolute atomic E-state index is 6.05. The molecule has 0 aliphatic carbocycles. The minimum atomic E-state index is 0.544. The van der Waals surface area contributed by atoms with Crippen LogP contribution in [-0.4, -0.2) is 61.2 Å². The molecule has 2 unspecified atom stereocenters. The monoisotopic (exact) mass is 299 g/mol. The van der Waals surface area contributed by atoms with Gasteiger partial charge >= 0.3 is 0 Å². The van der Waals surface area contributed by atoms with Crippen molar-refractivity contribution in [1.29, 1.82) is 0 Å². The van der Waals surface area contributed by atoms with Gasteiger partial charge < -0.3 is 5.32 Å². The van der Waals surface area contributed by atoms with Gasteiger partial charge in [0, 0.05) is 49.7 Å². The molecule has 3 saturated heterocycles. The van der Waals surface area contributed by atoms with Crippen LogP contribution < -0.4 is 5.32 Å². The third-order valence-electron chi connectivity index (χ3n) is 4.30. The number of nitrogens with zero attached hydrogens (tertiary/aromatic N) is 2. The first-order valence-corrected chi connectivity index (χ1v) is 8.39. The van der Waals surface area contributed by atoms with Crippen molar-refractivity contribution in [2.24, 2.45) is 0 Å². The van der Waals surface area contributed by atoms with E-state index < -0.39 is 0 Å². The quantitative estimate of drug-likeness (QED) is 0.896. The van der Waals surface area contributed by atoms with Gasteiger partial charge in [-0.2, -0.15) is 0 Å². The molecule has 1 aromatic heterocycles. The van der Waals surface area contributed by atoms with E-state index in [1.807, 2.05) is 6.07 Å². The maximum atomic E-state index is 6.05. The Bertz CT molecular complexity index is 415. The van der Waals surface area contributed by atoms with Crippen molar-refractivity contribution in [2.45, 2.75) is 25.4 Å². The number of piperazine rings is 3. The number of likely N-dealkylation sites (N-methyl/N-ethyl adjacent to an activating group) is 1. The van der Waals surface area contributed by atoms with E-state index in [1.165, 1.54) is 37.6 Å². The Hall–Kier alpha value is -0.130. The topological polar surface area (TPSA) is 18.5 Å². The lowest BCUT2D eigenvalue weighted by Crippen LogP contribution is -2.66. The molecule has 2 bridgehead atoms. The van der Waals surface area contributed by atoms with Gasteiger partial charge in [-0.15, -0.1) is 11.3 Å². The van der Waals surface area contributed by atoms with E-state index in [4.69, 9.17) is 11.6 Å². The lowest BCUT2D eigenvalue weighted by Gasteiger charge is -2.50. The molecule has 0 amide bonds. The molecule has 3 aliphatic heterocycles. The number of fused-ring (bicyclic) bond motifs is 3. The van der Waals surface area contributed by atoms with Crippen LogP contribution in [0.25, 0.3) is 0 Å². The predicted octanol–water partition coefficient (Wildman–Crippen LogP) is 1.92. The summed E-state index contributed by atoms with van der Waals surface area (Å²) in [5.41, 5.74) is 0. The third kappa shape index (κ3) is 3.14. The first-order chi connectivity index (χ1) is 9.26. The van der Waals surface area contributed by atoms with E-state index >= 15 is 0 Å². The fourth-order valence-corrected chi connectivity index (χ4v) is 4.47. The lowest BCUT2D eigenvalue weighted by molar-refractivity contribution is -0.00277. The Morgan fingerprint density at radius 1 is 1.37 bits per heavy atom. The fraction of sp³-hybridized carbons (Fsp3) is 0.714. The second kappa shape index (κ2) is 6.10. The Morgan fingerprint density at radius 3 is 2.68 bits per heavy atom. The molecule has 106 valence electrons. The second-order valence-corrected chi connectivity index (χ2v) is 7.28. The standard InChI is InChI=1S/C14H22ClN3S/c1-2-16-12(9-11-3-4-14(15)19-11)13-10-17-5-7-18(13)8-6-17/h3-4,12-13,16H,2,5-10H2,1H3. The van der Waals surface area contributed by atoms with E-state index in [2.05, 4.69) is 28.1 Å². The van der Waals surface area contributed by atoms with Gasteiger partial charge in [0.1, 0.15) is 0 Å². The fourth-order valence-electron chi connectivity index (χ4n) is 3.32. The summed E-state index contributed by atoms with van der Waals surface area (Å²) in [4.78, 5) is 6.67. The number of halogens is 1. The number of hydrogen-bond donors (Lipinski definition) is 1. The zero-order valence-corrected chi connectivity index (χ0v) is 13.0. The van der Waals surface area contributed by atoms with Gasteiger partial charge in [0.05, 0.1) is 4.34 Å². The molecular weight excluding hydrogens is 278 g/mol. The molecule has 1 N–H and O–H groups in total. The molecule has 3 aliphatic rings. The molecule has 3 fully saturated rings.